The topological polar surface area (TPSA) is 76.7 Å². The van der Waals surface area contributed by atoms with Crippen LogP contribution >= 0.6 is 0 Å². The zero-order valence-corrected chi connectivity index (χ0v) is 11.9. The van der Waals surface area contributed by atoms with E-state index in [9.17, 15) is 4.39 Å². The number of anilines is 2. The highest BCUT2D eigenvalue weighted by atomic mass is 19.1. The summed E-state index contributed by atoms with van der Waals surface area (Å²) in [7, 11) is 0. The van der Waals surface area contributed by atoms with Gasteiger partial charge in [0.15, 0.2) is 12.0 Å². The van der Waals surface area contributed by atoms with Gasteiger partial charge in [0.1, 0.15) is 0 Å². The lowest BCUT2D eigenvalue weighted by Crippen LogP contribution is -2.19. The predicted octanol–water partition coefficient (Wildman–Crippen LogP) is 2.97. The molecule has 0 radical (unpaired) electrons. The number of nitrogens with zero attached hydrogens (tertiary/aromatic N) is 3. The molecule has 21 heavy (non-hydrogen) atoms. The molecule has 0 spiro atoms. The van der Waals surface area contributed by atoms with Gasteiger partial charge in [-0.2, -0.15) is 15.0 Å². The van der Waals surface area contributed by atoms with Crippen LogP contribution < -0.4 is 11.1 Å². The molecule has 0 bridgehead atoms. The number of fused-ring (bicyclic) bond motifs is 1. The van der Waals surface area contributed by atoms with Crippen LogP contribution in [0.15, 0.2) is 24.3 Å². The van der Waals surface area contributed by atoms with Gasteiger partial charge in [0.25, 0.3) is 0 Å². The Morgan fingerprint density at radius 1 is 1.29 bits per heavy atom. The van der Waals surface area contributed by atoms with Gasteiger partial charge in [0, 0.05) is 0 Å². The van der Waals surface area contributed by atoms with Crippen molar-refractivity contribution in [2.24, 2.45) is 0 Å². The Morgan fingerprint density at radius 2 is 2.10 bits per heavy atom. The first-order chi connectivity index (χ1) is 10.1. The Bertz CT molecular complexity index is 644. The molecule has 1 aromatic heterocycles. The van der Waals surface area contributed by atoms with Crippen LogP contribution in [-0.4, -0.2) is 15.0 Å². The number of benzene rings is 1. The number of nitrogens with one attached hydrogen (secondary N) is 1. The lowest BCUT2D eigenvalue weighted by molar-refractivity contribution is 0.356. The fraction of sp³-hybridized carbons (Fsp3) is 0.400. The molecule has 1 aliphatic rings. The van der Waals surface area contributed by atoms with Crippen molar-refractivity contribution in [3.05, 3.63) is 41.2 Å². The van der Waals surface area contributed by atoms with E-state index in [2.05, 4.69) is 32.4 Å². The van der Waals surface area contributed by atoms with Crippen LogP contribution in [0, 0.1) is 0 Å². The van der Waals surface area contributed by atoms with E-state index in [4.69, 9.17) is 5.73 Å². The summed E-state index contributed by atoms with van der Waals surface area (Å²) in [6.45, 7) is 1.38. The molecule has 1 heterocycles. The molecule has 0 amide bonds. The normalized spacial score (nSPS) is 18.9. The standard InChI is InChI=1S/C15H18FN5/c1-9(16)13-19-14(17)21-15(20-13)18-12-8-4-6-10-5-2-3-7-11(10)12/h2-3,5,7,9,12H,4,6,8H2,1H3,(H3,17,18,19,20,21)/t9-,12+/m0/s1. The summed E-state index contributed by atoms with van der Waals surface area (Å²) in [4.78, 5) is 12.0. The lowest BCUT2D eigenvalue weighted by atomic mass is 9.88. The summed E-state index contributed by atoms with van der Waals surface area (Å²) >= 11 is 0. The van der Waals surface area contributed by atoms with Crippen LogP contribution in [-0.2, 0) is 6.42 Å². The second-order valence-corrected chi connectivity index (χ2v) is 5.28. The number of nitrogen functional groups attached to an aromatic ring is 1. The highest BCUT2D eigenvalue weighted by molar-refractivity contribution is 5.40. The Labute approximate surface area is 122 Å². The van der Waals surface area contributed by atoms with Gasteiger partial charge in [-0.15, -0.1) is 0 Å². The van der Waals surface area contributed by atoms with Crippen molar-refractivity contribution < 1.29 is 4.39 Å². The first-order valence-corrected chi connectivity index (χ1v) is 7.13. The quantitative estimate of drug-likeness (QED) is 0.907. The highest BCUT2D eigenvalue weighted by Gasteiger charge is 2.21. The molecule has 3 N–H and O–H groups in total. The minimum Gasteiger partial charge on any atom is -0.368 e. The van der Waals surface area contributed by atoms with Crippen LogP contribution in [0.1, 0.15) is 48.9 Å². The molecule has 0 saturated carbocycles. The summed E-state index contributed by atoms with van der Waals surface area (Å²) in [6.07, 6.45) is 1.90. The van der Waals surface area contributed by atoms with Crippen LogP contribution in [0.2, 0.25) is 0 Å². The second kappa shape index (κ2) is 5.63. The fourth-order valence-corrected chi connectivity index (χ4v) is 2.71. The van der Waals surface area contributed by atoms with E-state index in [1.165, 1.54) is 18.1 Å². The van der Waals surface area contributed by atoms with Gasteiger partial charge in [0.05, 0.1) is 6.04 Å². The molecule has 1 aromatic carbocycles. The van der Waals surface area contributed by atoms with Crippen LogP contribution in [0.5, 0.6) is 0 Å². The number of halogens is 1. The second-order valence-electron chi connectivity index (χ2n) is 5.28. The molecule has 5 nitrogen and oxygen atoms in total. The maximum atomic E-state index is 13.4. The maximum Gasteiger partial charge on any atom is 0.228 e. The Hall–Kier alpha value is -2.24. The van der Waals surface area contributed by atoms with E-state index in [0.29, 0.717) is 5.95 Å². The number of hydrogen-bond donors (Lipinski definition) is 2. The zero-order chi connectivity index (χ0) is 14.8. The molecular formula is C15H18FN5. The van der Waals surface area contributed by atoms with E-state index < -0.39 is 6.17 Å². The minimum absolute atomic E-state index is 0.0381. The first-order valence-electron chi connectivity index (χ1n) is 7.13. The average Bonchev–Trinajstić information content (AvgIpc) is 2.47. The third-order valence-electron chi connectivity index (χ3n) is 3.70. The number of alkyl halides is 1. The van der Waals surface area contributed by atoms with Crippen molar-refractivity contribution in [2.75, 3.05) is 11.1 Å². The van der Waals surface area contributed by atoms with Gasteiger partial charge < -0.3 is 11.1 Å². The summed E-state index contributed by atoms with van der Waals surface area (Å²) in [5, 5.41) is 3.26. The Balaban J connectivity index is 1.88. The number of nitrogens with two attached hydrogens (primary N) is 1. The average molecular weight is 287 g/mol. The van der Waals surface area contributed by atoms with Gasteiger partial charge in [-0.25, -0.2) is 4.39 Å². The Kier molecular flexibility index (Phi) is 3.68. The summed E-state index contributed by atoms with van der Waals surface area (Å²) in [6, 6.07) is 8.44. The van der Waals surface area contributed by atoms with Gasteiger partial charge in [-0.1, -0.05) is 24.3 Å². The van der Waals surface area contributed by atoms with E-state index in [1.807, 2.05) is 12.1 Å². The molecule has 0 aliphatic heterocycles. The molecule has 110 valence electrons. The highest BCUT2D eigenvalue weighted by Crippen LogP contribution is 2.31. The molecule has 0 unspecified atom stereocenters. The molecule has 1 aliphatic carbocycles. The van der Waals surface area contributed by atoms with E-state index in [-0.39, 0.29) is 17.8 Å². The number of rotatable bonds is 3. The van der Waals surface area contributed by atoms with E-state index >= 15 is 0 Å². The Morgan fingerprint density at radius 3 is 2.90 bits per heavy atom. The molecule has 0 fully saturated rings. The molecular weight excluding hydrogens is 269 g/mol. The summed E-state index contributed by atoms with van der Waals surface area (Å²) in [5.41, 5.74) is 8.21. The predicted molar refractivity (Wildman–Crippen MR) is 79.5 cm³/mol. The van der Waals surface area contributed by atoms with Gasteiger partial charge in [-0.3, -0.25) is 0 Å². The zero-order valence-electron chi connectivity index (χ0n) is 11.9. The van der Waals surface area contributed by atoms with Crippen molar-refractivity contribution in [1.82, 2.24) is 15.0 Å². The minimum atomic E-state index is -1.27. The fourth-order valence-electron chi connectivity index (χ4n) is 2.71. The van der Waals surface area contributed by atoms with Crippen LogP contribution in [0.25, 0.3) is 0 Å². The first kappa shape index (κ1) is 13.7. The maximum absolute atomic E-state index is 13.4. The number of aryl methyl sites for hydroxylation is 1. The molecule has 6 heteroatoms. The third kappa shape index (κ3) is 2.94. The van der Waals surface area contributed by atoms with Crippen LogP contribution in [0.4, 0.5) is 16.3 Å². The summed E-state index contributed by atoms with van der Waals surface area (Å²) < 4.78 is 13.4. The molecule has 2 aromatic rings. The largest absolute Gasteiger partial charge is 0.368 e. The molecule has 3 rings (SSSR count). The number of hydrogen-bond acceptors (Lipinski definition) is 5. The van der Waals surface area contributed by atoms with Crippen molar-refractivity contribution >= 4 is 11.9 Å². The van der Waals surface area contributed by atoms with Crippen molar-refractivity contribution in [3.8, 4) is 0 Å². The van der Waals surface area contributed by atoms with Crippen LogP contribution in [0.3, 0.4) is 0 Å². The molecule has 0 saturated heterocycles. The van der Waals surface area contributed by atoms with Crippen molar-refractivity contribution in [1.29, 1.82) is 0 Å². The van der Waals surface area contributed by atoms with Gasteiger partial charge in [-0.05, 0) is 37.3 Å². The van der Waals surface area contributed by atoms with Gasteiger partial charge >= 0.3 is 0 Å². The molecule has 2 atom stereocenters. The third-order valence-corrected chi connectivity index (χ3v) is 3.70. The van der Waals surface area contributed by atoms with Crippen molar-refractivity contribution in [3.63, 3.8) is 0 Å². The van der Waals surface area contributed by atoms with Crippen molar-refractivity contribution in [2.45, 2.75) is 38.4 Å². The smallest absolute Gasteiger partial charge is 0.228 e. The lowest BCUT2D eigenvalue weighted by Gasteiger charge is -2.26. The SMILES string of the molecule is C[C@H](F)c1nc(N)nc(N[C@@H]2CCCc3ccccc32)n1. The summed E-state index contributed by atoms with van der Waals surface area (Å²) in [5.74, 6) is 0.439. The van der Waals surface area contributed by atoms with E-state index in [1.54, 1.807) is 0 Å². The van der Waals surface area contributed by atoms with Gasteiger partial charge in [0.2, 0.25) is 11.9 Å². The number of aromatic nitrogens is 3. The van der Waals surface area contributed by atoms with E-state index in [0.717, 1.165) is 19.3 Å². The monoisotopic (exact) mass is 287 g/mol.